The lowest BCUT2D eigenvalue weighted by molar-refractivity contribution is 0.0937. The van der Waals surface area contributed by atoms with Crippen LogP contribution in [0.4, 0.5) is 4.39 Å². The second-order valence-corrected chi connectivity index (χ2v) is 4.53. The molecule has 0 spiro atoms. The molecule has 1 aromatic heterocycles. The summed E-state index contributed by atoms with van der Waals surface area (Å²) in [6, 6.07) is 1.10. The molecule has 0 saturated heterocycles. The van der Waals surface area contributed by atoms with Gasteiger partial charge < -0.3 is 5.32 Å². The number of halogens is 2. The van der Waals surface area contributed by atoms with Gasteiger partial charge in [0.1, 0.15) is 5.82 Å². The molecule has 2 unspecified atom stereocenters. The zero-order valence-electron chi connectivity index (χ0n) is 9.21. The number of amides is 1. The lowest BCUT2D eigenvalue weighted by Gasteiger charge is -2.14. The second-order valence-electron chi connectivity index (χ2n) is 3.78. The number of nitrogens with one attached hydrogen (secondary N) is 1. The summed E-state index contributed by atoms with van der Waals surface area (Å²) in [7, 11) is 0. The topological polar surface area (TPSA) is 42.0 Å². The molecule has 88 valence electrons. The minimum atomic E-state index is -0.522. The minimum Gasteiger partial charge on any atom is -0.349 e. The number of aromatic nitrogens is 1. The van der Waals surface area contributed by atoms with E-state index < -0.39 is 5.82 Å². The van der Waals surface area contributed by atoms with E-state index in [2.05, 4.69) is 10.3 Å². The van der Waals surface area contributed by atoms with E-state index in [-0.39, 0.29) is 22.9 Å². The van der Waals surface area contributed by atoms with E-state index in [9.17, 15) is 9.18 Å². The van der Waals surface area contributed by atoms with Gasteiger partial charge in [-0.25, -0.2) is 4.39 Å². The Bertz CT molecular complexity index is 371. The van der Waals surface area contributed by atoms with Crippen LogP contribution in [-0.2, 0) is 0 Å². The van der Waals surface area contributed by atoms with Crippen LogP contribution < -0.4 is 5.32 Å². The lowest BCUT2D eigenvalue weighted by Crippen LogP contribution is -2.34. The Labute approximate surface area is 99.0 Å². The highest BCUT2D eigenvalue weighted by molar-refractivity contribution is 6.20. The van der Waals surface area contributed by atoms with E-state index in [0.29, 0.717) is 6.42 Å². The molecule has 5 heteroatoms. The highest BCUT2D eigenvalue weighted by Gasteiger charge is 2.12. The maximum absolute atomic E-state index is 12.8. The summed E-state index contributed by atoms with van der Waals surface area (Å²) < 4.78 is 12.8. The van der Waals surface area contributed by atoms with Crippen molar-refractivity contribution in [2.75, 3.05) is 0 Å². The van der Waals surface area contributed by atoms with Gasteiger partial charge in [-0.15, -0.1) is 11.6 Å². The molecule has 1 N–H and O–H groups in total. The molecule has 1 amide bonds. The van der Waals surface area contributed by atoms with Gasteiger partial charge in [-0.2, -0.15) is 0 Å². The Morgan fingerprint density at radius 2 is 2.25 bits per heavy atom. The quantitative estimate of drug-likeness (QED) is 0.827. The van der Waals surface area contributed by atoms with Crippen LogP contribution in [0.1, 0.15) is 30.6 Å². The summed E-state index contributed by atoms with van der Waals surface area (Å²) >= 11 is 5.80. The van der Waals surface area contributed by atoms with Crippen LogP contribution in [0.2, 0.25) is 0 Å². The molecule has 0 saturated carbocycles. The van der Waals surface area contributed by atoms with Crippen molar-refractivity contribution in [1.29, 1.82) is 0 Å². The van der Waals surface area contributed by atoms with Gasteiger partial charge in [-0.05, 0) is 26.3 Å². The molecular formula is C11H14ClFN2O. The molecule has 0 radical (unpaired) electrons. The Balaban J connectivity index is 2.59. The van der Waals surface area contributed by atoms with Crippen molar-refractivity contribution in [2.45, 2.75) is 31.7 Å². The fourth-order valence-electron chi connectivity index (χ4n) is 1.39. The highest BCUT2D eigenvalue weighted by atomic mass is 35.5. The van der Waals surface area contributed by atoms with Crippen molar-refractivity contribution in [3.8, 4) is 0 Å². The molecule has 0 aliphatic heterocycles. The fourth-order valence-corrected chi connectivity index (χ4v) is 1.66. The van der Waals surface area contributed by atoms with Crippen molar-refractivity contribution in [3.63, 3.8) is 0 Å². The van der Waals surface area contributed by atoms with Gasteiger partial charge in [0, 0.05) is 17.6 Å². The number of pyridine rings is 1. The average Bonchev–Trinajstić information content (AvgIpc) is 2.16. The fraction of sp³-hybridized carbons (Fsp3) is 0.455. The molecule has 16 heavy (non-hydrogen) atoms. The van der Waals surface area contributed by atoms with Crippen LogP contribution in [-0.4, -0.2) is 22.3 Å². The number of carbonyl (C=O) groups is 1. The molecule has 0 fully saturated rings. The highest BCUT2D eigenvalue weighted by Crippen LogP contribution is 2.06. The summed E-state index contributed by atoms with van der Waals surface area (Å²) in [6.07, 6.45) is 3.05. The van der Waals surface area contributed by atoms with Crippen LogP contribution >= 0.6 is 11.6 Å². The minimum absolute atomic E-state index is 0.0130. The SMILES string of the molecule is CC(Cl)CC(C)NC(=O)c1cncc(F)c1. The van der Waals surface area contributed by atoms with Crippen LogP contribution in [0.5, 0.6) is 0 Å². The molecule has 1 rings (SSSR count). The zero-order valence-corrected chi connectivity index (χ0v) is 9.96. The first-order valence-electron chi connectivity index (χ1n) is 5.04. The van der Waals surface area contributed by atoms with Gasteiger partial charge in [0.15, 0.2) is 0 Å². The van der Waals surface area contributed by atoms with Gasteiger partial charge in [0.25, 0.3) is 5.91 Å². The zero-order chi connectivity index (χ0) is 12.1. The summed E-state index contributed by atoms with van der Waals surface area (Å²) in [4.78, 5) is 15.2. The number of hydrogen-bond donors (Lipinski definition) is 1. The molecule has 0 aliphatic rings. The number of rotatable bonds is 4. The van der Waals surface area contributed by atoms with Crippen molar-refractivity contribution < 1.29 is 9.18 Å². The monoisotopic (exact) mass is 244 g/mol. The molecule has 0 aliphatic carbocycles. The number of hydrogen-bond acceptors (Lipinski definition) is 2. The van der Waals surface area contributed by atoms with E-state index in [4.69, 9.17) is 11.6 Å². The molecule has 1 heterocycles. The van der Waals surface area contributed by atoms with Gasteiger partial charge in [-0.3, -0.25) is 9.78 Å². The number of alkyl halides is 1. The smallest absolute Gasteiger partial charge is 0.253 e. The van der Waals surface area contributed by atoms with Crippen LogP contribution in [0.15, 0.2) is 18.5 Å². The van der Waals surface area contributed by atoms with Crippen molar-refractivity contribution in [3.05, 3.63) is 29.8 Å². The Morgan fingerprint density at radius 1 is 1.56 bits per heavy atom. The first-order valence-corrected chi connectivity index (χ1v) is 5.48. The van der Waals surface area contributed by atoms with E-state index in [1.807, 2.05) is 13.8 Å². The van der Waals surface area contributed by atoms with Crippen molar-refractivity contribution in [1.82, 2.24) is 10.3 Å². The maximum atomic E-state index is 12.8. The van der Waals surface area contributed by atoms with Gasteiger partial charge in [-0.1, -0.05) is 0 Å². The first kappa shape index (κ1) is 12.9. The van der Waals surface area contributed by atoms with E-state index >= 15 is 0 Å². The molecule has 3 nitrogen and oxygen atoms in total. The summed E-state index contributed by atoms with van der Waals surface area (Å²) in [5.74, 6) is -0.858. The molecule has 1 aromatic rings. The molecule has 0 aromatic carbocycles. The third-order valence-electron chi connectivity index (χ3n) is 2.02. The summed E-state index contributed by atoms with van der Waals surface area (Å²) in [5, 5.41) is 2.71. The van der Waals surface area contributed by atoms with Crippen molar-refractivity contribution in [2.24, 2.45) is 0 Å². The number of carbonyl (C=O) groups excluding carboxylic acids is 1. The predicted molar refractivity (Wildman–Crippen MR) is 61.1 cm³/mol. The van der Waals surface area contributed by atoms with E-state index in [1.54, 1.807) is 0 Å². The predicted octanol–water partition coefficient (Wildman–Crippen LogP) is 2.36. The van der Waals surface area contributed by atoms with Crippen LogP contribution in [0.3, 0.4) is 0 Å². The average molecular weight is 245 g/mol. The summed E-state index contributed by atoms with van der Waals surface area (Å²) in [5.41, 5.74) is 0.217. The second kappa shape index (κ2) is 5.80. The van der Waals surface area contributed by atoms with Crippen molar-refractivity contribution >= 4 is 17.5 Å². The summed E-state index contributed by atoms with van der Waals surface area (Å²) in [6.45, 7) is 3.71. The van der Waals surface area contributed by atoms with Gasteiger partial charge in [0.05, 0.1) is 11.8 Å². The normalized spacial score (nSPS) is 14.2. The largest absolute Gasteiger partial charge is 0.349 e. The Kier molecular flexibility index (Phi) is 4.68. The standard InChI is InChI=1S/C11H14ClFN2O/c1-7(12)3-8(2)15-11(16)9-4-10(13)6-14-5-9/h4-8H,3H2,1-2H3,(H,15,16). The third kappa shape index (κ3) is 4.14. The third-order valence-corrected chi connectivity index (χ3v) is 2.20. The lowest BCUT2D eigenvalue weighted by atomic mass is 10.1. The van der Waals surface area contributed by atoms with Gasteiger partial charge >= 0.3 is 0 Å². The van der Waals surface area contributed by atoms with Gasteiger partial charge in [0.2, 0.25) is 0 Å². The number of nitrogens with zero attached hydrogens (tertiary/aromatic N) is 1. The van der Waals surface area contributed by atoms with E-state index in [0.717, 1.165) is 12.3 Å². The van der Waals surface area contributed by atoms with Crippen LogP contribution in [0, 0.1) is 5.82 Å². The maximum Gasteiger partial charge on any atom is 0.253 e. The Morgan fingerprint density at radius 3 is 2.81 bits per heavy atom. The van der Waals surface area contributed by atoms with E-state index in [1.165, 1.54) is 6.20 Å². The molecule has 0 bridgehead atoms. The molecule has 2 atom stereocenters. The first-order chi connectivity index (χ1) is 7.49. The Hall–Kier alpha value is -1.16. The molecular weight excluding hydrogens is 231 g/mol. The van der Waals surface area contributed by atoms with Crippen LogP contribution in [0.25, 0.3) is 0 Å².